The summed E-state index contributed by atoms with van der Waals surface area (Å²) in [6, 6.07) is 0. The van der Waals surface area contributed by atoms with Gasteiger partial charge in [-0.3, -0.25) is 0 Å². The van der Waals surface area contributed by atoms with Crippen molar-refractivity contribution in [3.05, 3.63) is 0 Å². The van der Waals surface area contributed by atoms with E-state index in [9.17, 15) is 0 Å². The molecule has 0 radical (unpaired) electrons. The molecule has 2 heteroatoms. The van der Waals surface area contributed by atoms with Gasteiger partial charge < -0.3 is 0 Å². The minimum atomic E-state index is 0.347. The van der Waals surface area contributed by atoms with E-state index in [1.54, 1.807) is 0 Å². The third-order valence-electron chi connectivity index (χ3n) is 2.15. The van der Waals surface area contributed by atoms with E-state index < -0.39 is 0 Å². The first-order chi connectivity index (χ1) is 3.46. The van der Waals surface area contributed by atoms with E-state index in [4.69, 9.17) is 0 Å². The lowest BCUT2D eigenvalue weighted by Crippen LogP contribution is -2.49. The van der Waals surface area contributed by atoms with Gasteiger partial charge in [0.2, 0.25) is 0 Å². The summed E-state index contributed by atoms with van der Waals surface area (Å²) in [7, 11) is 0. The smallest absolute Gasteiger partial charge is 0.0380 e. The van der Waals surface area contributed by atoms with Crippen LogP contribution in [0.1, 0.15) is 26.7 Å². The molecule has 0 aromatic heterocycles. The highest BCUT2D eigenvalue weighted by atomic mass is 79.9. The average Bonchev–Trinajstić information content (AvgIpc) is 1.64. The predicted molar refractivity (Wildman–Crippen MR) is 43.9 cm³/mol. The Balaban J connectivity index is 2.63. The fourth-order valence-electron chi connectivity index (χ4n) is 0.814. The Kier molecular flexibility index (Phi) is 1.52. The van der Waals surface area contributed by atoms with Gasteiger partial charge in [0.15, 0.2) is 0 Å². The van der Waals surface area contributed by atoms with Crippen molar-refractivity contribution in [1.82, 2.24) is 0 Å². The van der Waals surface area contributed by atoms with Gasteiger partial charge in [-0.15, -0.1) is 0 Å². The normalized spacial score (nSPS) is 55.5. The van der Waals surface area contributed by atoms with Gasteiger partial charge in [0.25, 0.3) is 0 Å². The summed E-state index contributed by atoms with van der Waals surface area (Å²) in [6.45, 7) is 4.45. The second-order valence-corrected chi connectivity index (χ2v) is 6.40. The van der Waals surface area contributed by atoms with E-state index in [1.165, 1.54) is 12.8 Å². The first-order valence-corrected chi connectivity index (χ1v) is 4.42. The van der Waals surface area contributed by atoms with Crippen LogP contribution in [0.25, 0.3) is 0 Å². The minimum absolute atomic E-state index is 0.347. The van der Waals surface area contributed by atoms with Gasteiger partial charge in [0, 0.05) is 8.65 Å². The number of alkyl halides is 2. The molecule has 0 aliphatic heterocycles. The number of halogens is 2. The molecule has 2 atom stereocenters. The summed E-state index contributed by atoms with van der Waals surface area (Å²) in [4.78, 5) is 0. The van der Waals surface area contributed by atoms with Gasteiger partial charge in [-0.1, -0.05) is 31.9 Å². The molecule has 0 spiro atoms. The summed E-state index contributed by atoms with van der Waals surface area (Å²) in [6.07, 6.45) is 2.57. The van der Waals surface area contributed by atoms with Gasteiger partial charge in [-0.2, -0.15) is 0 Å². The average molecular weight is 242 g/mol. The predicted octanol–water partition coefficient (Wildman–Crippen LogP) is 3.09. The second-order valence-electron chi connectivity index (χ2n) is 2.89. The molecular formula is C6H10Br2. The van der Waals surface area contributed by atoms with Crippen LogP contribution in [0, 0.1) is 0 Å². The largest absolute Gasteiger partial charge is 0.0841 e. The molecule has 0 heterocycles. The third-order valence-corrected chi connectivity index (χ3v) is 5.23. The van der Waals surface area contributed by atoms with Crippen molar-refractivity contribution < 1.29 is 0 Å². The van der Waals surface area contributed by atoms with Crippen LogP contribution in [0.5, 0.6) is 0 Å². The molecule has 0 nitrogen and oxygen atoms in total. The Morgan fingerprint density at radius 2 is 1.25 bits per heavy atom. The summed E-state index contributed by atoms with van der Waals surface area (Å²) in [5, 5.41) is 0. The maximum absolute atomic E-state index is 3.64. The van der Waals surface area contributed by atoms with E-state index >= 15 is 0 Å². The Labute approximate surface area is 67.3 Å². The first-order valence-electron chi connectivity index (χ1n) is 2.84. The summed E-state index contributed by atoms with van der Waals surface area (Å²) in [5.41, 5.74) is 0. The topological polar surface area (TPSA) is 0 Å². The molecule has 1 aliphatic rings. The fraction of sp³-hybridized carbons (Fsp3) is 1.00. The molecule has 0 bridgehead atoms. The molecule has 0 aromatic rings. The highest BCUT2D eigenvalue weighted by Crippen LogP contribution is 2.53. The van der Waals surface area contributed by atoms with Crippen LogP contribution >= 0.6 is 31.9 Å². The molecule has 1 rings (SSSR count). The zero-order valence-electron chi connectivity index (χ0n) is 5.17. The lowest BCUT2D eigenvalue weighted by atomic mass is 9.76. The van der Waals surface area contributed by atoms with Crippen molar-refractivity contribution >= 4 is 31.9 Å². The third kappa shape index (κ3) is 0.860. The van der Waals surface area contributed by atoms with Gasteiger partial charge in [0.05, 0.1) is 0 Å². The number of rotatable bonds is 0. The molecule has 0 amide bonds. The van der Waals surface area contributed by atoms with Crippen LogP contribution in [0.15, 0.2) is 0 Å². The zero-order valence-corrected chi connectivity index (χ0v) is 8.34. The molecule has 0 N–H and O–H groups in total. The van der Waals surface area contributed by atoms with E-state index in [2.05, 4.69) is 45.7 Å². The molecule has 1 saturated carbocycles. The Morgan fingerprint density at radius 1 is 1.00 bits per heavy atom. The quantitative estimate of drug-likeness (QED) is 0.572. The zero-order chi connectivity index (χ0) is 6.41. The molecule has 8 heavy (non-hydrogen) atoms. The van der Waals surface area contributed by atoms with Crippen LogP contribution in [0.4, 0.5) is 0 Å². The van der Waals surface area contributed by atoms with Gasteiger partial charge in [0.1, 0.15) is 0 Å². The van der Waals surface area contributed by atoms with Gasteiger partial charge in [-0.25, -0.2) is 0 Å². The van der Waals surface area contributed by atoms with Gasteiger partial charge in [-0.05, 0) is 26.7 Å². The summed E-state index contributed by atoms with van der Waals surface area (Å²) >= 11 is 7.28. The van der Waals surface area contributed by atoms with Crippen LogP contribution in [-0.4, -0.2) is 8.65 Å². The second kappa shape index (κ2) is 1.72. The van der Waals surface area contributed by atoms with Crippen molar-refractivity contribution in [2.75, 3.05) is 0 Å². The van der Waals surface area contributed by atoms with E-state index in [1.807, 2.05) is 0 Å². The van der Waals surface area contributed by atoms with Crippen LogP contribution < -0.4 is 0 Å². The number of hydrogen-bond acceptors (Lipinski definition) is 0. The molecule has 0 saturated heterocycles. The minimum Gasteiger partial charge on any atom is -0.0841 e. The fourth-order valence-corrected chi connectivity index (χ4v) is 1.61. The first kappa shape index (κ1) is 7.07. The summed E-state index contributed by atoms with van der Waals surface area (Å²) < 4.78 is 0.694. The van der Waals surface area contributed by atoms with Gasteiger partial charge >= 0.3 is 0 Å². The maximum atomic E-state index is 3.64. The van der Waals surface area contributed by atoms with Crippen LogP contribution in [-0.2, 0) is 0 Å². The van der Waals surface area contributed by atoms with E-state index in [-0.39, 0.29) is 0 Å². The lowest BCUT2D eigenvalue weighted by Gasteiger charge is -2.48. The monoisotopic (exact) mass is 240 g/mol. The van der Waals surface area contributed by atoms with Crippen molar-refractivity contribution in [2.45, 2.75) is 35.3 Å². The van der Waals surface area contributed by atoms with Crippen molar-refractivity contribution in [3.8, 4) is 0 Å². The lowest BCUT2D eigenvalue weighted by molar-refractivity contribution is 0.317. The molecular weight excluding hydrogens is 232 g/mol. The molecule has 0 unspecified atom stereocenters. The van der Waals surface area contributed by atoms with Crippen LogP contribution in [0.2, 0.25) is 0 Å². The molecule has 0 aromatic carbocycles. The Hall–Kier alpha value is 0.960. The number of hydrogen-bond donors (Lipinski definition) is 0. The standard InChI is InChI=1S/C6H10Br2/c1-5(7)3-4-6(5,2)8/h3-4H2,1-2H3/t5-,6-/m1/s1. The Bertz CT molecular complexity index is 91.1. The van der Waals surface area contributed by atoms with Crippen molar-refractivity contribution in [1.29, 1.82) is 0 Å². The Morgan fingerprint density at radius 3 is 1.25 bits per heavy atom. The molecule has 48 valence electrons. The van der Waals surface area contributed by atoms with E-state index in [0.29, 0.717) is 8.65 Å². The van der Waals surface area contributed by atoms with Crippen LogP contribution in [0.3, 0.4) is 0 Å². The molecule has 1 fully saturated rings. The highest BCUT2D eigenvalue weighted by Gasteiger charge is 2.49. The van der Waals surface area contributed by atoms with Crippen molar-refractivity contribution in [2.24, 2.45) is 0 Å². The van der Waals surface area contributed by atoms with E-state index in [0.717, 1.165) is 0 Å². The molecule has 1 aliphatic carbocycles. The SMILES string of the molecule is C[C@@]1(Br)CC[C@@]1(C)Br. The van der Waals surface area contributed by atoms with Crippen molar-refractivity contribution in [3.63, 3.8) is 0 Å². The highest BCUT2D eigenvalue weighted by molar-refractivity contribution is 9.13. The summed E-state index contributed by atoms with van der Waals surface area (Å²) in [5.74, 6) is 0. The maximum Gasteiger partial charge on any atom is 0.0380 e.